The first kappa shape index (κ1) is 18.7. The summed E-state index contributed by atoms with van der Waals surface area (Å²) in [6, 6.07) is 5.79. The van der Waals surface area contributed by atoms with Gasteiger partial charge < -0.3 is 19.7 Å². The standard InChI is InChI=1S/C20H22N2O5/c1-12-10-13(2)15(11-14(12)20(25)26)21-18(23)16-6-3-4-8-22(16)19(24)17-7-5-9-27-17/h5,7,9-11,16H,3-4,6,8H2,1-2H3,(H,21,23)(H,25,26). The Morgan fingerprint density at radius 3 is 2.63 bits per heavy atom. The summed E-state index contributed by atoms with van der Waals surface area (Å²) >= 11 is 0. The molecular weight excluding hydrogens is 348 g/mol. The molecule has 0 aliphatic carbocycles. The Bertz CT molecular complexity index is 873. The Kier molecular flexibility index (Phi) is 5.30. The Balaban J connectivity index is 1.83. The quantitative estimate of drug-likeness (QED) is 0.861. The summed E-state index contributed by atoms with van der Waals surface area (Å²) in [5.74, 6) is -1.48. The summed E-state index contributed by atoms with van der Waals surface area (Å²) < 4.78 is 5.18. The molecule has 7 nitrogen and oxygen atoms in total. The van der Waals surface area contributed by atoms with Gasteiger partial charge in [-0.3, -0.25) is 9.59 Å². The second kappa shape index (κ2) is 7.65. The van der Waals surface area contributed by atoms with Crippen LogP contribution in [0.4, 0.5) is 5.69 Å². The van der Waals surface area contributed by atoms with Crippen molar-refractivity contribution in [1.82, 2.24) is 4.90 Å². The summed E-state index contributed by atoms with van der Waals surface area (Å²) in [4.78, 5) is 38.4. The fraction of sp³-hybridized carbons (Fsp3) is 0.350. The Hall–Kier alpha value is -3.09. The number of carbonyl (C=O) groups excluding carboxylic acids is 2. The number of benzene rings is 1. The third-order valence-electron chi connectivity index (χ3n) is 4.86. The maximum Gasteiger partial charge on any atom is 0.336 e. The zero-order valence-electron chi connectivity index (χ0n) is 15.3. The second-order valence-electron chi connectivity index (χ2n) is 6.76. The van der Waals surface area contributed by atoms with E-state index < -0.39 is 12.0 Å². The van der Waals surface area contributed by atoms with Gasteiger partial charge in [0.2, 0.25) is 5.91 Å². The maximum absolute atomic E-state index is 12.9. The van der Waals surface area contributed by atoms with Gasteiger partial charge in [-0.2, -0.15) is 0 Å². The third-order valence-corrected chi connectivity index (χ3v) is 4.86. The minimum Gasteiger partial charge on any atom is -0.478 e. The smallest absolute Gasteiger partial charge is 0.336 e. The highest BCUT2D eigenvalue weighted by molar-refractivity contribution is 6.01. The van der Waals surface area contributed by atoms with E-state index in [0.29, 0.717) is 24.2 Å². The van der Waals surface area contributed by atoms with Gasteiger partial charge in [-0.1, -0.05) is 6.07 Å². The Morgan fingerprint density at radius 2 is 1.96 bits per heavy atom. The molecule has 1 unspecified atom stereocenters. The number of likely N-dealkylation sites (tertiary alicyclic amines) is 1. The normalized spacial score (nSPS) is 16.8. The van der Waals surface area contributed by atoms with Crippen LogP contribution >= 0.6 is 0 Å². The van der Waals surface area contributed by atoms with E-state index in [1.54, 1.807) is 32.0 Å². The lowest BCUT2D eigenvalue weighted by Gasteiger charge is -2.34. The van der Waals surface area contributed by atoms with Crippen LogP contribution in [-0.4, -0.2) is 40.4 Å². The van der Waals surface area contributed by atoms with Gasteiger partial charge in [-0.25, -0.2) is 4.79 Å². The van der Waals surface area contributed by atoms with Crippen LogP contribution in [0.1, 0.15) is 51.3 Å². The predicted molar refractivity (Wildman–Crippen MR) is 98.9 cm³/mol. The van der Waals surface area contributed by atoms with Crippen molar-refractivity contribution in [3.05, 3.63) is 53.0 Å². The molecule has 2 amide bonds. The fourth-order valence-electron chi connectivity index (χ4n) is 3.42. The van der Waals surface area contributed by atoms with Crippen molar-refractivity contribution in [2.24, 2.45) is 0 Å². The highest BCUT2D eigenvalue weighted by Gasteiger charge is 2.34. The lowest BCUT2D eigenvalue weighted by atomic mass is 9.99. The van der Waals surface area contributed by atoms with Crippen LogP contribution in [0.5, 0.6) is 0 Å². The molecule has 2 N–H and O–H groups in total. The average Bonchev–Trinajstić information content (AvgIpc) is 3.17. The summed E-state index contributed by atoms with van der Waals surface area (Å²) in [5, 5.41) is 12.1. The molecule has 2 aromatic rings. The van der Waals surface area contributed by atoms with Gasteiger partial charge in [0.1, 0.15) is 6.04 Å². The van der Waals surface area contributed by atoms with Gasteiger partial charge in [0, 0.05) is 12.2 Å². The lowest BCUT2D eigenvalue weighted by Crippen LogP contribution is -2.50. The highest BCUT2D eigenvalue weighted by atomic mass is 16.4. The Morgan fingerprint density at radius 1 is 1.19 bits per heavy atom. The number of furan rings is 1. The van der Waals surface area contributed by atoms with Gasteiger partial charge in [-0.05, 0) is 62.4 Å². The number of amides is 2. The number of piperidine rings is 1. The van der Waals surface area contributed by atoms with Crippen LogP contribution in [-0.2, 0) is 4.79 Å². The van der Waals surface area contributed by atoms with Gasteiger partial charge in [0.15, 0.2) is 5.76 Å². The summed E-state index contributed by atoms with van der Waals surface area (Å²) in [6.45, 7) is 4.00. The van der Waals surface area contributed by atoms with E-state index in [0.717, 1.165) is 18.4 Å². The minimum atomic E-state index is -1.05. The first-order valence-corrected chi connectivity index (χ1v) is 8.88. The van der Waals surface area contributed by atoms with Gasteiger partial charge in [0.25, 0.3) is 5.91 Å². The van der Waals surface area contributed by atoms with E-state index in [2.05, 4.69) is 5.32 Å². The molecule has 142 valence electrons. The molecule has 0 spiro atoms. The number of rotatable bonds is 4. The monoisotopic (exact) mass is 370 g/mol. The van der Waals surface area contributed by atoms with Crippen LogP contribution < -0.4 is 5.32 Å². The molecule has 0 radical (unpaired) electrons. The number of aromatic carboxylic acids is 1. The molecule has 1 aliphatic heterocycles. The summed E-state index contributed by atoms with van der Waals surface area (Å²) in [7, 11) is 0. The first-order valence-electron chi connectivity index (χ1n) is 8.88. The molecule has 0 saturated carbocycles. The van der Waals surface area contributed by atoms with Crippen molar-refractivity contribution in [3.8, 4) is 0 Å². The van der Waals surface area contributed by atoms with Gasteiger partial charge in [0.05, 0.1) is 11.8 Å². The van der Waals surface area contributed by atoms with Crippen LogP contribution in [0, 0.1) is 13.8 Å². The lowest BCUT2D eigenvalue weighted by molar-refractivity contribution is -0.121. The number of carboxylic acids is 1. The summed E-state index contributed by atoms with van der Waals surface area (Å²) in [6.07, 6.45) is 3.64. The van der Waals surface area contributed by atoms with Gasteiger partial charge in [-0.15, -0.1) is 0 Å². The van der Waals surface area contributed by atoms with Crippen molar-refractivity contribution < 1.29 is 23.9 Å². The minimum absolute atomic E-state index is 0.142. The fourth-order valence-corrected chi connectivity index (χ4v) is 3.42. The third kappa shape index (κ3) is 3.86. The molecule has 3 rings (SSSR count). The molecule has 1 aromatic carbocycles. The van der Waals surface area contributed by atoms with E-state index >= 15 is 0 Å². The topological polar surface area (TPSA) is 99.9 Å². The number of carbonyl (C=O) groups is 3. The maximum atomic E-state index is 12.9. The molecule has 1 aromatic heterocycles. The number of hydrogen-bond acceptors (Lipinski definition) is 4. The van der Waals surface area contributed by atoms with Crippen LogP contribution in [0.15, 0.2) is 34.9 Å². The van der Waals surface area contributed by atoms with Crippen LogP contribution in [0.3, 0.4) is 0 Å². The second-order valence-corrected chi connectivity index (χ2v) is 6.76. The number of hydrogen-bond donors (Lipinski definition) is 2. The van der Waals surface area contributed by atoms with Crippen molar-refractivity contribution >= 4 is 23.5 Å². The van der Waals surface area contributed by atoms with Crippen molar-refractivity contribution in [2.75, 3.05) is 11.9 Å². The molecule has 27 heavy (non-hydrogen) atoms. The van der Waals surface area contributed by atoms with E-state index in [-0.39, 0.29) is 23.1 Å². The molecule has 1 aliphatic rings. The van der Waals surface area contributed by atoms with Crippen molar-refractivity contribution in [3.63, 3.8) is 0 Å². The van der Waals surface area contributed by atoms with Crippen LogP contribution in [0.25, 0.3) is 0 Å². The molecule has 7 heteroatoms. The van der Waals surface area contributed by atoms with E-state index in [4.69, 9.17) is 4.42 Å². The number of nitrogens with zero attached hydrogens (tertiary/aromatic N) is 1. The molecule has 2 heterocycles. The molecule has 1 fully saturated rings. The predicted octanol–water partition coefficient (Wildman–Crippen LogP) is 3.23. The zero-order valence-corrected chi connectivity index (χ0v) is 15.3. The SMILES string of the molecule is Cc1cc(C)c(C(=O)O)cc1NC(=O)C1CCCCN1C(=O)c1ccco1. The number of carboxylic acid groups (broad SMARTS) is 1. The summed E-state index contributed by atoms with van der Waals surface area (Å²) in [5.41, 5.74) is 1.98. The molecule has 1 saturated heterocycles. The van der Waals surface area contributed by atoms with Crippen molar-refractivity contribution in [1.29, 1.82) is 0 Å². The van der Waals surface area contributed by atoms with E-state index in [1.165, 1.54) is 17.2 Å². The molecule has 0 bridgehead atoms. The number of nitrogens with one attached hydrogen (secondary N) is 1. The van der Waals surface area contributed by atoms with Gasteiger partial charge >= 0.3 is 5.97 Å². The Labute approximate surface area is 157 Å². The largest absolute Gasteiger partial charge is 0.478 e. The molecule has 1 atom stereocenters. The van der Waals surface area contributed by atoms with Crippen LogP contribution in [0.2, 0.25) is 0 Å². The van der Waals surface area contributed by atoms with E-state index in [9.17, 15) is 19.5 Å². The zero-order chi connectivity index (χ0) is 19.6. The average molecular weight is 370 g/mol. The number of aryl methyl sites for hydroxylation is 2. The number of anilines is 1. The highest BCUT2D eigenvalue weighted by Crippen LogP contribution is 2.24. The molecular formula is C20H22N2O5. The first-order chi connectivity index (χ1) is 12.9. The van der Waals surface area contributed by atoms with Crippen molar-refractivity contribution in [2.45, 2.75) is 39.2 Å². The van der Waals surface area contributed by atoms with E-state index in [1.807, 2.05) is 0 Å².